The molecule has 7 nitrogen and oxygen atoms in total. The first-order valence-corrected chi connectivity index (χ1v) is 8.85. The Labute approximate surface area is 146 Å². The van der Waals surface area contributed by atoms with Crippen LogP contribution in [0.1, 0.15) is 29.0 Å². The Morgan fingerprint density at radius 2 is 2.36 bits per heavy atom. The first-order valence-electron chi connectivity index (χ1n) is 8.85. The van der Waals surface area contributed by atoms with Crippen LogP contribution in [0.4, 0.5) is 0 Å². The minimum Gasteiger partial charge on any atom is -0.459 e. The van der Waals surface area contributed by atoms with E-state index in [0.29, 0.717) is 24.3 Å². The average Bonchev–Trinajstić information content (AvgIpc) is 3.34. The van der Waals surface area contributed by atoms with Crippen molar-refractivity contribution in [3.63, 3.8) is 0 Å². The molecule has 3 heterocycles. The second-order valence-corrected chi connectivity index (χ2v) is 6.92. The molecule has 4 rings (SSSR count). The lowest BCUT2D eigenvalue weighted by atomic mass is 10.0. The molecule has 1 saturated heterocycles. The number of morpholine rings is 1. The maximum Gasteiger partial charge on any atom is 0.286 e. The van der Waals surface area contributed by atoms with E-state index in [1.165, 1.54) is 11.8 Å². The molecule has 3 atom stereocenters. The van der Waals surface area contributed by atoms with Gasteiger partial charge in [0, 0.05) is 50.4 Å². The summed E-state index contributed by atoms with van der Waals surface area (Å²) in [5, 5.41) is 7.24. The Balaban J connectivity index is 1.35. The van der Waals surface area contributed by atoms with Crippen molar-refractivity contribution in [2.24, 2.45) is 13.0 Å². The van der Waals surface area contributed by atoms with E-state index in [-0.39, 0.29) is 12.0 Å². The molecule has 7 heteroatoms. The van der Waals surface area contributed by atoms with Crippen LogP contribution in [0.2, 0.25) is 0 Å². The van der Waals surface area contributed by atoms with Crippen LogP contribution >= 0.6 is 0 Å². The third-order valence-electron chi connectivity index (χ3n) is 5.25. The predicted molar refractivity (Wildman–Crippen MR) is 90.9 cm³/mol. The Kier molecular flexibility index (Phi) is 4.59. The molecule has 0 radical (unpaired) electrons. The van der Waals surface area contributed by atoms with E-state index in [1.54, 1.807) is 12.1 Å². The molecule has 1 aliphatic heterocycles. The van der Waals surface area contributed by atoms with E-state index in [1.807, 2.05) is 17.9 Å². The maximum atomic E-state index is 12.1. The van der Waals surface area contributed by atoms with Crippen LogP contribution in [-0.4, -0.2) is 52.4 Å². The Bertz CT molecular complexity index is 712. The Morgan fingerprint density at radius 3 is 3.12 bits per heavy atom. The summed E-state index contributed by atoms with van der Waals surface area (Å²) in [6, 6.07) is 3.82. The molecule has 134 valence electrons. The van der Waals surface area contributed by atoms with Gasteiger partial charge in [-0.15, -0.1) is 0 Å². The van der Waals surface area contributed by atoms with Crippen molar-refractivity contribution in [2.75, 3.05) is 19.7 Å². The standard InChI is InChI=1S/C18H24N4O3/c1-21-11-13(9-20-21)12-22-6-8-25-17-14(4-5-15(17)22)10-19-18(23)16-3-2-7-24-16/h2-3,7,9,11,14-15,17H,4-6,8,10,12H2,1H3,(H,19,23)/t14-,15-,17-/m1/s1. The number of carbonyl (C=O) groups is 1. The monoisotopic (exact) mass is 344 g/mol. The summed E-state index contributed by atoms with van der Waals surface area (Å²) in [6.07, 6.45) is 7.87. The summed E-state index contributed by atoms with van der Waals surface area (Å²) >= 11 is 0. The van der Waals surface area contributed by atoms with Gasteiger partial charge in [0.05, 0.1) is 25.2 Å². The molecule has 1 aliphatic carbocycles. The summed E-state index contributed by atoms with van der Waals surface area (Å²) in [6.45, 7) is 3.22. The lowest BCUT2D eigenvalue weighted by molar-refractivity contribution is -0.0757. The molecular formula is C18H24N4O3. The van der Waals surface area contributed by atoms with Crippen molar-refractivity contribution in [3.05, 3.63) is 42.1 Å². The molecule has 1 saturated carbocycles. The fourth-order valence-electron chi connectivity index (χ4n) is 4.06. The van der Waals surface area contributed by atoms with E-state index in [4.69, 9.17) is 9.15 Å². The van der Waals surface area contributed by atoms with Crippen LogP contribution in [0.15, 0.2) is 35.2 Å². The summed E-state index contributed by atoms with van der Waals surface area (Å²) < 4.78 is 13.1. The normalized spacial score (nSPS) is 26.5. The number of fused-ring (bicyclic) bond motifs is 1. The van der Waals surface area contributed by atoms with Crippen molar-refractivity contribution >= 4 is 5.91 Å². The third kappa shape index (κ3) is 3.48. The zero-order valence-electron chi connectivity index (χ0n) is 14.4. The fourth-order valence-corrected chi connectivity index (χ4v) is 4.06. The molecule has 2 fully saturated rings. The molecule has 2 aromatic heterocycles. The molecule has 2 aromatic rings. The van der Waals surface area contributed by atoms with Crippen LogP contribution in [0.3, 0.4) is 0 Å². The summed E-state index contributed by atoms with van der Waals surface area (Å²) in [5.74, 6) is 0.550. The number of rotatable bonds is 5. The summed E-state index contributed by atoms with van der Waals surface area (Å²) in [5.41, 5.74) is 1.23. The Morgan fingerprint density at radius 1 is 1.44 bits per heavy atom. The highest BCUT2D eigenvalue weighted by atomic mass is 16.5. The van der Waals surface area contributed by atoms with E-state index < -0.39 is 0 Å². The third-order valence-corrected chi connectivity index (χ3v) is 5.25. The van der Waals surface area contributed by atoms with Gasteiger partial charge in [0.2, 0.25) is 0 Å². The zero-order chi connectivity index (χ0) is 17.2. The highest BCUT2D eigenvalue weighted by molar-refractivity contribution is 5.91. The second-order valence-electron chi connectivity index (χ2n) is 6.92. The highest BCUT2D eigenvalue weighted by Gasteiger charge is 2.42. The number of nitrogens with one attached hydrogen (secondary N) is 1. The van der Waals surface area contributed by atoms with Gasteiger partial charge in [-0.1, -0.05) is 0 Å². The number of amides is 1. The van der Waals surface area contributed by atoms with Crippen LogP contribution in [0.5, 0.6) is 0 Å². The number of nitrogens with zero attached hydrogens (tertiary/aromatic N) is 3. The minimum atomic E-state index is -0.156. The molecule has 0 unspecified atom stereocenters. The van der Waals surface area contributed by atoms with Crippen molar-refractivity contribution in [3.8, 4) is 0 Å². The highest BCUT2D eigenvalue weighted by Crippen LogP contribution is 2.35. The van der Waals surface area contributed by atoms with E-state index >= 15 is 0 Å². The van der Waals surface area contributed by atoms with Crippen molar-refractivity contribution < 1.29 is 13.9 Å². The van der Waals surface area contributed by atoms with Gasteiger partial charge in [-0.25, -0.2) is 0 Å². The number of furan rings is 1. The van der Waals surface area contributed by atoms with Crippen molar-refractivity contribution in [1.82, 2.24) is 20.0 Å². The first kappa shape index (κ1) is 16.4. The number of aromatic nitrogens is 2. The minimum absolute atomic E-state index is 0.156. The number of hydrogen-bond acceptors (Lipinski definition) is 5. The Hall–Kier alpha value is -2.12. The van der Waals surface area contributed by atoms with Gasteiger partial charge in [-0.2, -0.15) is 5.10 Å². The number of ether oxygens (including phenoxy) is 1. The smallest absolute Gasteiger partial charge is 0.286 e. The first-order chi connectivity index (χ1) is 12.2. The largest absolute Gasteiger partial charge is 0.459 e. The molecule has 0 bridgehead atoms. The molecule has 1 N–H and O–H groups in total. The van der Waals surface area contributed by atoms with Gasteiger partial charge in [0.25, 0.3) is 5.91 Å². The van der Waals surface area contributed by atoms with E-state index in [9.17, 15) is 4.79 Å². The van der Waals surface area contributed by atoms with Crippen LogP contribution in [-0.2, 0) is 18.3 Å². The van der Waals surface area contributed by atoms with Crippen molar-refractivity contribution in [1.29, 1.82) is 0 Å². The lowest BCUT2D eigenvalue weighted by Crippen LogP contribution is -2.50. The summed E-state index contributed by atoms with van der Waals surface area (Å²) in [7, 11) is 1.94. The number of aryl methyl sites for hydroxylation is 1. The maximum absolute atomic E-state index is 12.1. The summed E-state index contributed by atoms with van der Waals surface area (Å²) in [4.78, 5) is 14.6. The van der Waals surface area contributed by atoms with Gasteiger partial charge < -0.3 is 14.5 Å². The van der Waals surface area contributed by atoms with Crippen LogP contribution < -0.4 is 5.32 Å². The number of carbonyl (C=O) groups excluding carboxylic acids is 1. The molecular weight excluding hydrogens is 320 g/mol. The van der Waals surface area contributed by atoms with Gasteiger partial charge in [0.1, 0.15) is 0 Å². The molecule has 25 heavy (non-hydrogen) atoms. The molecule has 0 aromatic carbocycles. The van der Waals surface area contributed by atoms with Crippen LogP contribution in [0.25, 0.3) is 0 Å². The van der Waals surface area contributed by atoms with Gasteiger partial charge in [0.15, 0.2) is 5.76 Å². The van der Waals surface area contributed by atoms with E-state index in [2.05, 4.69) is 21.5 Å². The second kappa shape index (κ2) is 7.01. The fraction of sp³-hybridized carbons (Fsp3) is 0.556. The SMILES string of the molecule is Cn1cc(CN2CCO[C@@H]3[C@@H](CNC(=O)c4ccco4)CC[C@H]32)cn1. The van der Waals surface area contributed by atoms with Gasteiger partial charge in [-0.3, -0.25) is 14.4 Å². The molecule has 2 aliphatic rings. The van der Waals surface area contributed by atoms with Crippen LogP contribution in [0, 0.1) is 5.92 Å². The predicted octanol–water partition coefficient (Wildman–Crippen LogP) is 1.42. The topological polar surface area (TPSA) is 72.5 Å². The molecule has 1 amide bonds. The average molecular weight is 344 g/mol. The van der Waals surface area contributed by atoms with Gasteiger partial charge >= 0.3 is 0 Å². The number of hydrogen-bond donors (Lipinski definition) is 1. The zero-order valence-corrected chi connectivity index (χ0v) is 14.4. The van der Waals surface area contributed by atoms with E-state index in [0.717, 1.165) is 32.5 Å². The van der Waals surface area contributed by atoms with Crippen molar-refractivity contribution in [2.45, 2.75) is 31.5 Å². The van der Waals surface area contributed by atoms with Gasteiger partial charge in [-0.05, 0) is 25.0 Å². The quantitative estimate of drug-likeness (QED) is 0.888. The molecule has 0 spiro atoms. The lowest BCUT2D eigenvalue weighted by Gasteiger charge is -2.39.